The van der Waals surface area contributed by atoms with Crippen molar-refractivity contribution in [2.24, 2.45) is 0 Å². The summed E-state index contributed by atoms with van der Waals surface area (Å²) in [6.45, 7) is 2.23. The quantitative estimate of drug-likeness (QED) is 0.625. The van der Waals surface area contributed by atoms with Gasteiger partial charge in [-0.2, -0.15) is 0 Å². The summed E-state index contributed by atoms with van der Waals surface area (Å²) >= 11 is 0. The van der Waals surface area contributed by atoms with E-state index in [9.17, 15) is 4.79 Å². The van der Waals surface area contributed by atoms with Gasteiger partial charge in [-0.05, 0) is 19.1 Å². The highest BCUT2D eigenvalue weighted by molar-refractivity contribution is 6.05. The van der Waals surface area contributed by atoms with Crippen LogP contribution in [0, 0.1) is 0 Å². The molecule has 3 rings (SSSR count). The minimum atomic E-state index is -0.229. The first-order valence-electron chi connectivity index (χ1n) is 4.64. The molecule has 0 aromatic heterocycles. The number of nitrogens with one attached hydrogen (secondary N) is 1. The van der Waals surface area contributed by atoms with Crippen LogP contribution in [0.5, 0.6) is 0 Å². The fraction of sp³-hybridized carbons (Fsp3) is 0.182. The molecule has 14 heavy (non-hydrogen) atoms. The second-order valence-corrected chi connectivity index (χ2v) is 3.35. The number of hydrogen-bond donors (Lipinski definition) is 1. The Balaban J connectivity index is 2.05. The minimum Gasteiger partial charge on any atom is -0.462 e. The minimum absolute atomic E-state index is 0.229. The Labute approximate surface area is 81.0 Å². The highest BCUT2D eigenvalue weighted by atomic mass is 16.5. The van der Waals surface area contributed by atoms with E-state index in [2.05, 4.69) is 4.98 Å². The summed E-state index contributed by atoms with van der Waals surface area (Å²) in [5.74, 6) is -0.229. The number of carbonyl (C=O) groups is 1. The second-order valence-electron chi connectivity index (χ2n) is 3.35. The molecule has 0 aromatic rings. The third-order valence-electron chi connectivity index (χ3n) is 2.52. The molecular weight excluding hydrogens is 178 g/mol. The van der Waals surface area contributed by atoms with E-state index in [1.807, 2.05) is 25.1 Å². The number of hydrogen-bond acceptors (Lipinski definition) is 2. The standard InChI is InChI=1S/C11H9NO2/c1-2-14-11(13)7-4-3-6-8(7)5-9-10(6)12-9/h3-5,12H,2H2,1H3. The highest BCUT2D eigenvalue weighted by Gasteiger charge is 2.28. The number of fused-ring (bicyclic) bond motifs is 3. The largest absolute Gasteiger partial charge is 0.462 e. The Hall–Kier alpha value is -1.77. The lowest BCUT2D eigenvalue weighted by Gasteiger charge is -2.00. The van der Waals surface area contributed by atoms with Gasteiger partial charge in [-0.15, -0.1) is 0 Å². The summed E-state index contributed by atoms with van der Waals surface area (Å²) in [4.78, 5) is 14.6. The molecule has 70 valence electrons. The number of pyridine rings is 1. The first-order chi connectivity index (χ1) is 6.81. The Morgan fingerprint density at radius 2 is 2.29 bits per heavy atom. The Morgan fingerprint density at radius 1 is 1.43 bits per heavy atom. The van der Waals surface area contributed by atoms with Crippen LogP contribution in [0.2, 0.25) is 0 Å². The third kappa shape index (κ3) is 0.839. The van der Waals surface area contributed by atoms with Crippen LogP contribution >= 0.6 is 0 Å². The summed E-state index contributed by atoms with van der Waals surface area (Å²) in [6.07, 6.45) is 0. The molecule has 1 aliphatic heterocycles. The average Bonchev–Trinajstić information content (AvgIpc) is 2.67. The summed E-state index contributed by atoms with van der Waals surface area (Å²) in [5.41, 5.74) is 5.11. The maximum Gasteiger partial charge on any atom is 0.338 e. The van der Waals surface area contributed by atoms with E-state index in [0.29, 0.717) is 12.2 Å². The fourth-order valence-electron chi connectivity index (χ4n) is 1.82. The monoisotopic (exact) mass is 187 g/mol. The number of aromatic nitrogens is 1. The first kappa shape index (κ1) is 7.62. The van der Waals surface area contributed by atoms with Crippen molar-refractivity contribution in [1.82, 2.24) is 4.98 Å². The van der Waals surface area contributed by atoms with Crippen LogP contribution in [-0.4, -0.2) is 17.6 Å². The molecule has 0 aromatic carbocycles. The number of rotatable bonds is 2. The van der Waals surface area contributed by atoms with Gasteiger partial charge in [0.05, 0.1) is 23.6 Å². The van der Waals surface area contributed by atoms with Gasteiger partial charge in [-0.25, -0.2) is 4.79 Å². The molecular formula is C11H9NO2. The zero-order valence-corrected chi connectivity index (χ0v) is 7.76. The molecule has 3 heteroatoms. The predicted octanol–water partition coefficient (Wildman–Crippen LogP) is 2.28. The number of esters is 1. The smallest absolute Gasteiger partial charge is 0.338 e. The van der Waals surface area contributed by atoms with E-state index in [0.717, 1.165) is 22.5 Å². The maximum atomic E-state index is 11.5. The van der Waals surface area contributed by atoms with Gasteiger partial charge in [-0.3, -0.25) is 0 Å². The van der Waals surface area contributed by atoms with E-state index in [1.165, 1.54) is 0 Å². The Kier molecular flexibility index (Phi) is 1.29. The van der Waals surface area contributed by atoms with Crippen LogP contribution in [0.4, 0.5) is 0 Å². The molecule has 0 amide bonds. The van der Waals surface area contributed by atoms with Gasteiger partial charge in [0.2, 0.25) is 0 Å². The molecule has 3 aliphatic rings. The normalized spacial score (nSPS) is 11.8. The molecule has 2 aliphatic carbocycles. The van der Waals surface area contributed by atoms with Crippen molar-refractivity contribution in [2.75, 3.05) is 6.61 Å². The molecule has 1 heterocycles. The van der Waals surface area contributed by atoms with Crippen molar-refractivity contribution in [3.05, 3.63) is 23.8 Å². The van der Waals surface area contributed by atoms with E-state index in [-0.39, 0.29) is 5.97 Å². The lowest BCUT2D eigenvalue weighted by molar-refractivity contribution is 0.0528. The van der Waals surface area contributed by atoms with Gasteiger partial charge in [0, 0.05) is 11.1 Å². The van der Waals surface area contributed by atoms with Crippen LogP contribution in [0.3, 0.4) is 0 Å². The lowest BCUT2D eigenvalue weighted by Crippen LogP contribution is -2.03. The second kappa shape index (κ2) is 2.38. The molecule has 0 bridgehead atoms. The van der Waals surface area contributed by atoms with Gasteiger partial charge in [0.1, 0.15) is 0 Å². The summed E-state index contributed by atoms with van der Waals surface area (Å²) in [5, 5.41) is 0. The van der Waals surface area contributed by atoms with Crippen molar-refractivity contribution >= 4 is 5.97 Å². The Bertz CT molecular complexity index is 498. The van der Waals surface area contributed by atoms with Gasteiger partial charge in [-0.1, -0.05) is 6.07 Å². The van der Waals surface area contributed by atoms with Crippen molar-refractivity contribution < 1.29 is 9.53 Å². The molecule has 1 N–H and O–H groups in total. The zero-order chi connectivity index (χ0) is 9.71. The molecule has 0 radical (unpaired) electrons. The van der Waals surface area contributed by atoms with E-state index in [4.69, 9.17) is 4.74 Å². The van der Waals surface area contributed by atoms with Crippen molar-refractivity contribution in [3.8, 4) is 22.5 Å². The third-order valence-corrected chi connectivity index (χ3v) is 2.52. The molecule has 3 nitrogen and oxygen atoms in total. The molecule has 0 spiro atoms. The average molecular weight is 187 g/mol. The maximum absolute atomic E-state index is 11.5. The summed E-state index contributed by atoms with van der Waals surface area (Å²) in [6, 6.07) is 5.78. The first-order valence-corrected chi connectivity index (χ1v) is 4.64. The lowest BCUT2D eigenvalue weighted by atomic mass is 10.2. The molecule has 0 saturated heterocycles. The van der Waals surface area contributed by atoms with Crippen LogP contribution in [0.15, 0.2) is 18.2 Å². The van der Waals surface area contributed by atoms with Gasteiger partial charge in [0.15, 0.2) is 0 Å². The Morgan fingerprint density at radius 3 is 3.07 bits per heavy atom. The van der Waals surface area contributed by atoms with E-state index >= 15 is 0 Å². The molecule has 0 fully saturated rings. The summed E-state index contributed by atoms with van der Waals surface area (Å²) in [7, 11) is 0. The molecule has 0 unspecified atom stereocenters. The number of aromatic amines is 1. The van der Waals surface area contributed by atoms with Gasteiger partial charge >= 0.3 is 5.97 Å². The van der Waals surface area contributed by atoms with Crippen LogP contribution in [0.25, 0.3) is 22.5 Å². The molecule has 0 atom stereocenters. The van der Waals surface area contributed by atoms with Crippen molar-refractivity contribution in [1.29, 1.82) is 0 Å². The number of carbonyl (C=O) groups excluding carboxylic acids is 1. The number of H-pyrrole nitrogens is 1. The van der Waals surface area contributed by atoms with Gasteiger partial charge in [0.25, 0.3) is 0 Å². The van der Waals surface area contributed by atoms with Crippen LogP contribution in [0.1, 0.15) is 17.3 Å². The van der Waals surface area contributed by atoms with Crippen LogP contribution in [-0.2, 0) is 4.74 Å². The zero-order valence-electron chi connectivity index (χ0n) is 7.76. The fourth-order valence-corrected chi connectivity index (χ4v) is 1.82. The summed E-state index contributed by atoms with van der Waals surface area (Å²) < 4.78 is 4.96. The predicted molar refractivity (Wildman–Crippen MR) is 52.4 cm³/mol. The number of ether oxygens (including phenoxy) is 1. The van der Waals surface area contributed by atoms with E-state index < -0.39 is 0 Å². The van der Waals surface area contributed by atoms with Crippen LogP contribution < -0.4 is 0 Å². The molecule has 0 saturated carbocycles. The SMILES string of the molecule is CCOC(=O)c1ccc2c3[nH]c-3cc1-2. The topological polar surface area (TPSA) is 42.1 Å². The van der Waals surface area contributed by atoms with Crippen molar-refractivity contribution in [2.45, 2.75) is 6.92 Å². The van der Waals surface area contributed by atoms with E-state index in [1.54, 1.807) is 0 Å². The van der Waals surface area contributed by atoms with Gasteiger partial charge < -0.3 is 9.72 Å². The van der Waals surface area contributed by atoms with Crippen molar-refractivity contribution in [3.63, 3.8) is 0 Å². The highest BCUT2D eigenvalue weighted by Crippen LogP contribution is 2.45.